The molecule has 1 saturated heterocycles. The quantitative estimate of drug-likeness (QED) is 0.221. The van der Waals surface area contributed by atoms with E-state index in [2.05, 4.69) is 25.5 Å². The minimum atomic E-state index is 0.420. The van der Waals surface area contributed by atoms with Gasteiger partial charge in [-0.3, -0.25) is 4.90 Å². The third-order valence-corrected chi connectivity index (χ3v) is 7.15. The van der Waals surface area contributed by atoms with E-state index in [1.54, 1.807) is 7.11 Å². The standard InChI is InChI=1S/C32H35N5O5/c1-38-28-19-27-24(17-29(28)40-14-6-11-37-12-15-39-16-13-37)20-33-30-31(34-22-35-32(30)42-27)36-25-9-5-10-26(18-25)41-21-23-7-3-2-4-8-23/h2-5,7-10,17-19,22,33H,6,11-16,20-21H2,1H3,(H,34,35,36). The van der Waals surface area contributed by atoms with Crippen molar-refractivity contribution < 1.29 is 23.7 Å². The molecule has 4 aromatic rings. The first-order valence-corrected chi connectivity index (χ1v) is 14.2. The Morgan fingerprint density at radius 1 is 0.952 bits per heavy atom. The summed E-state index contributed by atoms with van der Waals surface area (Å²) in [5, 5.41) is 6.83. The summed E-state index contributed by atoms with van der Waals surface area (Å²) in [6.07, 6.45) is 2.40. The van der Waals surface area contributed by atoms with Crippen molar-refractivity contribution in [3.05, 3.63) is 84.2 Å². The fraction of sp³-hybridized carbons (Fsp3) is 0.312. The molecule has 0 unspecified atom stereocenters. The summed E-state index contributed by atoms with van der Waals surface area (Å²) in [5.41, 5.74) is 3.53. The first kappa shape index (κ1) is 27.6. The molecule has 42 heavy (non-hydrogen) atoms. The largest absolute Gasteiger partial charge is 0.493 e. The molecule has 0 aliphatic carbocycles. The van der Waals surface area contributed by atoms with Crippen molar-refractivity contribution in [2.24, 2.45) is 0 Å². The Balaban J connectivity index is 1.12. The van der Waals surface area contributed by atoms with E-state index in [0.29, 0.717) is 54.4 Å². The van der Waals surface area contributed by atoms with Crippen LogP contribution in [0.5, 0.6) is 28.9 Å². The maximum absolute atomic E-state index is 6.26. The van der Waals surface area contributed by atoms with Gasteiger partial charge < -0.3 is 34.3 Å². The molecule has 10 heteroatoms. The highest BCUT2D eigenvalue weighted by Gasteiger charge is 2.22. The van der Waals surface area contributed by atoms with Gasteiger partial charge >= 0.3 is 0 Å². The predicted molar refractivity (Wildman–Crippen MR) is 160 cm³/mol. The number of fused-ring (bicyclic) bond motifs is 2. The fourth-order valence-corrected chi connectivity index (χ4v) is 4.91. The van der Waals surface area contributed by atoms with Crippen LogP contribution in [0.2, 0.25) is 0 Å². The molecule has 0 spiro atoms. The van der Waals surface area contributed by atoms with Gasteiger partial charge in [0.05, 0.1) is 26.9 Å². The van der Waals surface area contributed by atoms with E-state index >= 15 is 0 Å². The maximum Gasteiger partial charge on any atom is 0.248 e. The highest BCUT2D eigenvalue weighted by Crippen LogP contribution is 2.42. The van der Waals surface area contributed by atoms with Gasteiger partial charge in [-0.2, -0.15) is 4.98 Å². The van der Waals surface area contributed by atoms with E-state index in [4.69, 9.17) is 23.7 Å². The van der Waals surface area contributed by atoms with E-state index < -0.39 is 0 Å². The van der Waals surface area contributed by atoms with Crippen molar-refractivity contribution in [1.82, 2.24) is 14.9 Å². The molecular formula is C32H35N5O5. The molecule has 2 N–H and O–H groups in total. The average molecular weight is 570 g/mol. The predicted octanol–water partition coefficient (Wildman–Crippen LogP) is 5.63. The Hall–Kier alpha value is -4.54. The minimum Gasteiger partial charge on any atom is -0.493 e. The summed E-state index contributed by atoms with van der Waals surface area (Å²) in [4.78, 5) is 11.3. The molecule has 0 atom stereocenters. The lowest BCUT2D eigenvalue weighted by molar-refractivity contribution is 0.0357. The number of rotatable bonds is 11. The van der Waals surface area contributed by atoms with E-state index in [1.807, 2.05) is 66.7 Å². The van der Waals surface area contributed by atoms with Crippen molar-refractivity contribution in [3.63, 3.8) is 0 Å². The molecule has 0 amide bonds. The number of methoxy groups -OCH3 is 1. The molecule has 2 aliphatic rings. The number of nitrogens with one attached hydrogen (secondary N) is 2. The van der Waals surface area contributed by atoms with Crippen LogP contribution >= 0.6 is 0 Å². The summed E-state index contributed by atoms with van der Waals surface area (Å²) in [7, 11) is 1.63. The fourth-order valence-electron chi connectivity index (χ4n) is 4.91. The number of benzene rings is 3. The Kier molecular flexibility index (Phi) is 8.82. The van der Waals surface area contributed by atoms with Gasteiger partial charge in [-0.05, 0) is 30.2 Å². The highest BCUT2D eigenvalue weighted by atomic mass is 16.5. The van der Waals surface area contributed by atoms with Gasteiger partial charge in [-0.1, -0.05) is 36.4 Å². The third-order valence-electron chi connectivity index (χ3n) is 7.15. The average Bonchev–Trinajstić information content (AvgIpc) is 3.22. The molecule has 3 heterocycles. The summed E-state index contributed by atoms with van der Waals surface area (Å²) < 4.78 is 29.5. The van der Waals surface area contributed by atoms with Gasteiger partial charge in [0, 0.05) is 49.6 Å². The van der Waals surface area contributed by atoms with Gasteiger partial charge in [-0.25, -0.2) is 4.98 Å². The molecule has 0 bridgehead atoms. The van der Waals surface area contributed by atoms with Crippen molar-refractivity contribution >= 4 is 17.2 Å². The zero-order valence-electron chi connectivity index (χ0n) is 23.7. The van der Waals surface area contributed by atoms with Crippen molar-refractivity contribution in [3.8, 4) is 28.9 Å². The number of nitrogens with zero attached hydrogens (tertiary/aromatic N) is 3. The van der Waals surface area contributed by atoms with Crippen LogP contribution in [0.3, 0.4) is 0 Å². The lowest BCUT2D eigenvalue weighted by Gasteiger charge is -2.26. The van der Waals surface area contributed by atoms with Gasteiger partial charge in [0.25, 0.3) is 0 Å². The zero-order valence-corrected chi connectivity index (χ0v) is 23.7. The molecule has 3 aromatic carbocycles. The molecule has 1 aromatic heterocycles. The number of hydrogen-bond acceptors (Lipinski definition) is 10. The third kappa shape index (κ3) is 6.84. The van der Waals surface area contributed by atoms with Crippen LogP contribution in [0.1, 0.15) is 17.5 Å². The van der Waals surface area contributed by atoms with Gasteiger partial charge in [0.15, 0.2) is 17.3 Å². The number of ether oxygens (including phenoxy) is 5. The maximum atomic E-state index is 6.26. The Morgan fingerprint density at radius 2 is 1.83 bits per heavy atom. The summed E-state index contributed by atoms with van der Waals surface area (Å²) in [6, 6.07) is 21.7. The molecule has 0 radical (unpaired) electrons. The first-order valence-electron chi connectivity index (χ1n) is 14.2. The molecule has 1 fully saturated rings. The van der Waals surface area contributed by atoms with E-state index in [1.165, 1.54) is 6.33 Å². The van der Waals surface area contributed by atoms with Crippen molar-refractivity contribution in [2.75, 3.05) is 57.2 Å². The van der Waals surface area contributed by atoms with Gasteiger partial charge in [0.2, 0.25) is 5.88 Å². The zero-order chi connectivity index (χ0) is 28.6. The monoisotopic (exact) mass is 569 g/mol. The Morgan fingerprint density at radius 3 is 2.69 bits per heavy atom. The lowest BCUT2D eigenvalue weighted by atomic mass is 10.1. The normalized spacial score (nSPS) is 14.4. The lowest BCUT2D eigenvalue weighted by Crippen LogP contribution is -2.37. The first-order chi connectivity index (χ1) is 20.7. The summed E-state index contributed by atoms with van der Waals surface area (Å²) in [5.74, 6) is 3.73. The molecule has 218 valence electrons. The highest BCUT2D eigenvalue weighted by molar-refractivity contribution is 5.76. The van der Waals surface area contributed by atoms with E-state index in [9.17, 15) is 0 Å². The second-order valence-corrected chi connectivity index (χ2v) is 10.1. The number of anilines is 3. The topological polar surface area (TPSA) is 99.2 Å². The van der Waals surface area contributed by atoms with Crippen LogP contribution in [0.15, 0.2) is 73.1 Å². The van der Waals surface area contributed by atoms with Crippen LogP contribution in [0.25, 0.3) is 0 Å². The van der Waals surface area contributed by atoms with E-state index in [0.717, 1.165) is 61.8 Å². The van der Waals surface area contributed by atoms with Gasteiger partial charge in [0.1, 0.15) is 30.1 Å². The minimum absolute atomic E-state index is 0.420. The number of morpholine rings is 1. The van der Waals surface area contributed by atoms with Crippen LogP contribution in [0.4, 0.5) is 17.2 Å². The van der Waals surface area contributed by atoms with Crippen molar-refractivity contribution in [2.45, 2.75) is 19.6 Å². The number of hydrogen-bond donors (Lipinski definition) is 2. The van der Waals surface area contributed by atoms with Crippen LogP contribution < -0.4 is 29.6 Å². The SMILES string of the molecule is COc1cc2c(cc1OCCCN1CCOCC1)CNc1c(Nc3cccc(OCc4ccccc4)c3)ncnc1O2. The summed E-state index contributed by atoms with van der Waals surface area (Å²) in [6.45, 7) is 6.10. The number of aromatic nitrogens is 2. The molecule has 10 nitrogen and oxygen atoms in total. The molecule has 0 saturated carbocycles. The van der Waals surface area contributed by atoms with Gasteiger partial charge in [-0.15, -0.1) is 0 Å². The van der Waals surface area contributed by atoms with Crippen LogP contribution in [0, 0.1) is 0 Å². The van der Waals surface area contributed by atoms with E-state index in [-0.39, 0.29) is 0 Å². The summed E-state index contributed by atoms with van der Waals surface area (Å²) >= 11 is 0. The Labute approximate surface area is 245 Å². The molecule has 2 aliphatic heterocycles. The smallest absolute Gasteiger partial charge is 0.248 e. The van der Waals surface area contributed by atoms with Crippen molar-refractivity contribution in [1.29, 1.82) is 0 Å². The second kappa shape index (κ2) is 13.4. The second-order valence-electron chi connectivity index (χ2n) is 10.1. The molecule has 6 rings (SSSR count). The van der Waals surface area contributed by atoms with Crippen LogP contribution in [-0.4, -0.2) is 61.4 Å². The van der Waals surface area contributed by atoms with Crippen LogP contribution in [-0.2, 0) is 17.9 Å². The Bertz CT molecular complexity index is 1480. The molecular weight excluding hydrogens is 534 g/mol.